The predicted octanol–water partition coefficient (Wildman–Crippen LogP) is 1.55. The fourth-order valence-electron chi connectivity index (χ4n) is 2.82. The number of aromatic amines is 1. The molecule has 1 aromatic carbocycles. The molecule has 0 saturated carbocycles. The summed E-state index contributed by atoms with van der Waals surface area (Å²) in [6, 6.07) is 7.93. The minimum Gasteiger partial charge on any atom is -0.383 e. The summed E-state index contributed by atoms with van der Waals surface area (Å²) < 4.78 is 0. The van der Waals surface area contributed by atoms with Crippen molar-refractivity contribution >= 4 is 11.8 Å². The molecule has 0 bridgehead atoms. The second-order valence-electron chi connectivity index (χ2n) is 6.16. The Morgan fingerprint density at radius 3 is 2.39 bits per heavy atom. The lowest BCUT2D eigenvalue weighted by molar-refractivity contribution is 0.579. The van der Waals surface area contributed by atoms with Gasteiger partial charge in [0.05, 0.1) is 5.56 Å². The average Bonchev–Trinajstić information content (AvgIpc) is 2.55. The van der Waals surface area contributed by atoms with Crippen LogP contribution in [-0.4, -0.2) is 36.1 Å². The molecule has 6 nitrogen and oxygen atoms in total. The van der Waals surface area contributed by atoms with Gasteiger partial charge in [-0.1, -0.05) is 38.1 Å². The molecule has 6 heteroatoms. The van der Waals surface area contributed by atoms with E-state index in [-0.39, 0.29) is 11.4 Å². The maximum absolute atomic E-state index is 12.5. The highest BCUT2D eigenvalue weighted by atomic mass is 16.1. The topological polar surface area (TPSA) is 87.0 Å². The fourth-order valence-corrected chi connectivity index (χ4v) is 2.82. The summed E-state index contributed by atoms with van der Waals surface area (Å²) >= 11 is 0. The van der Waals surface area contributed by atoms with E-state index < -0.39 is 0 Å². The van der Waals surface area contributed by atoms with Crippen LogP contribution in [0.3, 0.4) is 0 Å². The van der Waals surface area contributed by atoms with Crippen LogP contribution < -0.4 is 21.5 Å². The van der Waals surface area contributed by atoms with Crippen molar-refractivity contribution in [3.8, 4) is 11.1 Å². The molecule has 23 heavy (non-hydrogen) atoms. The van der Waals surface area contributed by atoms with E-state index in [0.717, 1.165) is 31.7 Å². The number of H-pyrrole nitrogens is 1. The van der Waals surface area contributed by atoms with Crippen molar-refractivity contribution in [1.29, 1.82) is 0 Å². The second-order valence-corrected chi connectivity index (χ2v) is 6.16. The summed E-state index contributed by atoms with van der Waals surface area (Å²) in [5.41, 5.74) is 8.37. The molecule has 122 valence electrons. The zero-order chi connectivity index (χ0) is 16.4. The highest BCUT2D eigenvalue weighted by molar-refractivity contribution is 5.73. The summed E-state index contributed by atoms with van der Waals surface area (Å²) in [6.07, 6.45) is 0. The number of hydrogen-bond acceptors (Lipinski definition) is 5. The minimum atomic E-state index is -0.191. The molecule has 3 rings (SSSR count). The Morgan fingerprint density at radius 1 is 1.17 bits per heavy atom. The predicted molar refractivity (Wildman–Crippen MR) is 93.9 cm³/mol. The monoisotopic (exact) mass is 313 g/mol. The molecule has 0 spiro atoms. The van der Waals surface area contributed by atoms with E-state index in [2.05, 4.69) is 29.1 Å². The molecule has 1 aromatic heterocycles. The van der Waals surface area contributed by atoms with Crippen LogP contribution in [-0.2, 0) is 0 Å². The number of nitrogens with two attached hydrogens (primary N) is 1. The Morgan fingerprint density at radius 2 is 1.83 bits per heavy atom. The van der Waals surface area contributed by atoms with Gasteiger partial charge in [-0.25, -0.2) is 0 Å². The van der Waals surface area contributed by atoms with Crippen LogP contribution in [0.1, 0.15) is 25.3 Å². The number of piperazine rings is 1. The number of hydrogen-bond donors (Lipinski definition) is 3. The van der Waals surface area contributed by atoms with Crippen LogP contribution in [0.5, 0.6) is 0 Å². The van der Waals surface area contributed by atoms with Gasteiger partial charge in [-0.3, -0.25) is 9.78 Å². The number of aromatic nitrogens is 2. The lowest BCUT2D eigenvalue weighted by atomic mass is 9.99. The van der Waals surface area contributed by atoms with Crippen molar-refractivity contribution in [1.82, 2.24) is 15.3 Å². The number of anilines is 2. The van der Waals surface area contributed by atoms with Crippen molar-refractivity contribution < 1.29 is 0 Å². The van der Waals surface area contributed by atoms with Crippen molar-refractivity contribution in [2.45, 2.75) is 19.8 Å². The first-order chi connectivity index (χ1) is 11.1. The maximum atomic E-state index is 12.5. The first-order valence-electron chi connectivity index (χ1n) is 8.02. The lowest BCUT2D eigenvalue weighted by Gasteiger charge is -2.28. The fraction of sp³-hybridized carbons (Fsp3) is 0.412. The number of nitrogen functional groups attached to an aromatic ring is 1. The van der Waals surface area contributed by atoms with Gasteiger partial charge in [-0.2, -0.15) is 4.98 Å². The number of benzene rings is 1. The smallest absolute Gasteiger partial charge is 0.262 e. The van der Waals surface area contributed by atoms with Gasteiger partial charge >= 0.3 is 0 Å². The van der Waals surface area contributed by atoms with E-state index >= 15 is 0 Å². The Balaban J connectivity index is 1.95. The Labute approximate surface area is 135 Å². The average molecular weight is 313 g/mol. The summed E-state index contributed by atoms with van der Waals surface area (Å²) in [5.74, 6) is 1.28. The SMILES string of the molecule is CC(C)c1ccc(-c2c(N)nc(N3CCNCC3)[nH]c2=O)cc1. The van der Waals surface area contributed by atoms with Crippen LogP contribution in [0.4, 0.5) is 11.8 Å². The summed E-state index contributed by atoms with van der Waals surface area (Å²) in [7, 11) is 0. The van der Waals surface area contributed by atoms with Gasteiger partial charge in [-0.05, 0) is 17.0 Å². The molecular weight excluding hydrogens is 290 g/mol. The van der Waals surface area contributed by atoms with Gasteiger partial charge in [0.1, 0.15) is 5.82 Å². The minimum absolute atomic E-state index is 0.191. The quantitative estimate of drug-likeness (QED) is 0.800. The molecule has 2 heterocycles. The third kappa shape index (κ3) is 3.22. The standard InChI is InChI=1S/C17H23N5O/c1-11(2)12-3-5-13(6-4-12)14-15(18)20-17(21-16(14)23)22-9-7-19-8-10-22/h3-6,11,19H,7-10H2,1-2H3,(H3,18,20,21,23). The Kier molecular flexibility index (Phi) is 4.34. The molecule has 4 N–H and O–H groups in total. The van der Waals surface area contributed by atoms with E-state index in [1.165, 1.54) is 5.56 Å². The Hall–Kier alpha value is -2.34. The normalized spacial score (nSPS) is 15.2. The van der Waals surface area contributed by atoms with Crippen LogP contribution in [0, 0.1) is 0 Å². The molecule has 1 aliphatic heterocycles. The third-order valence-electron chi connectivity index (χ3n) is 4.22. The first kappa shape index (κ1) is 15.6. The maximum Gasteiger partial charge on any atom is 0.262 e. The van der Waals surface area contributed by atoms with Gasteiger partial charge < -0.3 is 16.0 Å². The molecule has 0 atom stereocenters. The molecule has 0 amide bonds. The van der Waals surface area contributed by atoms with Gasteiger partial charge in [0.25, 0.3) is 5.56 Å². The molecule has 0 unspecified atom stereocenters. The highest BCUT2D eigenvalue weighted by Gasteiger charge is 2.17. The van der Waals surface area contributed by atoms with Gasteiger partial charge in [0, 0.05) is 26.2 Å². The molecule has 1 saturated heterocycles. The summed E-state index contributed by atoms with van der Waals surface area (Å²) in [4.78, 5) is 21.8. The van der Waals surface area contributed by atoms with E-state index in [4.69, 9.17) is 5.73 Å². The number of nitrogens with one attached hydrogen (secondary N) is 2. The van der Waals surface area contributed by atoms with Gasteiger partial charge in [-0.15, -0.1) is 0 Å². The number of rotatable bonds is 3. The lowest BCUT2D eigenvalue weighted by Crippen LogP contribution is -2.44. The molecule has 2 aromatic rings. The van der Waals surface area contributed by atoms with Crippen LogP contribution >= 0.6 is 0 Å². The zero-order valence-electron chi connectivity index (χ0n) is 13.6. The summed E-state index contributed by atoms with van der Waals surface area (Å²) in [5, 5.41) is 3.27. The van der Waals surface area contributed by atoms with E-state index in [1.807, 2.05) is 29.2 Å². The summed E-state index contributed by atoms with van der Waals surface area (Å²) in [6.45, 7) is 7.65. The van der Waals surface area contributed by atoms with Crippen LogP contribution in [0.15, 0.2) is 29.1 Å². The van der Waals surface area contributed by atoms with Crippen molar-refractivity contribution in [3.05, 3.63) is 40.2 Å². The van der Waals surface area contributed by atoms with E-state index in [1.54, 1.807) is 0 Å². The van der Waals surface area contributed by atoms with E-state index in [9.17, 15) is 4.79 Å². The number of nitrogens with zero attached hydrogens (tertiary/aromatic N) is 2. The largest absolute Gasteiger partial charge is 0.383 e. The van der Waals surface area contributed by atoms with Crippen LogP contribution in [0.2, 0.25) is 0 Å². The van der Waals surface area contributed by atoms with Crippen LogP contribution in [0.25, 0.3) is 11.1 Å². The molecule has 1 fully saturated rings. The van der Waals surface area contributed by atoms with Crippen molar-refractivity contribution in [2.75, 3.05) is 36.8 Å². The molecule has 0 radical (unpaired) electrons. The Bertz CT molecular complexity index is 730. The van der Waals surface area contributed by atoms with Crippen molar-refractivity contribution in [2.24, 2.45) is 0 Å². The van der Waals surface area contributed by atoms with Crippen molar-refractivity contribution in [3.63, 3.8) is 0 Å². The first-order valence-corrected chi connectivity index (χ1v) is 8.02. The second kappa shape index (κ2) is 6.42. The molecule has 1 aliphatic rings. The van der Waals surface area contributed by atoms with Gasteiger partial charge in [0.2, 0.25) is 5.95 Å². The van der Waals surface area contributed by atoms with E-state index in [0.29, 0.717) is 17.4 Å². The van der Waals surface area contributed by atoms with Gasteiger partial charge in [0.15, 0.2) is 0 Å². The molecule has 0 aliphatic carbocycles. The third-order valence-corrected chi connectivity index (χ3v) is 4.22. The highest BCUT2D eigenvalue weighted by Crippen LogP contribution is 2.24. The molecular formula is C17H23N5O. The zero-order valence-corrected chi connectivity index (χ0v) is 13.6.